The highest BCUT2D eigenvalue weighted by Gasteiger charge is 2.24. The van der Waals surface area contributed by atoms with Crippen LogP contribution in [0, 0.1) is 0 Å². The number of alkyl halides is 1. The minimum atomic E-state index is -0.00292. The summed E-state index contributed by atoms with van der Waals surface area (Å²) in [5.41, 5.74) is 3.37. The fourth-order valence-corrected chi connectivity index (χ4v) is 4.34. The monoisotopic (exact) mass is 478 g/mol. The molecule has 1 atom stereocenters. The van der Waals surface area contributed by atoms with Gasteiger partial charge in [0.2, 0.25) is 0 Å². The van der Waals surface area contributed by atoms with Gasteiger partial charge < -0.3 is 4.74 Å². The second-order valence-corrected chi connectivity index (χ2v) is 7.76. The molecule has 0 aliphatic carbocycles. The van der Waals surface area contributed by atoms with Gasteiger partial charge in [-0.25, -0.2) is 0 Å². The quantitative estimate of drug-likeness (QED) is 0.459. The number of hydrogen-bond acceptors (Lipinski definition) is 1. The van der Waals surface area contributed by atoms with E-state index in [2.05, 4.69) is 59.9 Å². The van der Waals surface area contributed by atoms with Crippen molar-refractivity contribution < 1.29 is 4.74 Å². The molecule has 0 bridgehead atoms. The van der Waals surface area contributed by atoms with Crippen LogP contribution in [0.4, 0.5) is 0 Å². The molecule has 0 amide bonds. The van der Waals surface area contributed by atoms with E-state index in [4.69, 9.17) is 16.3 Å². The van der Waals surface area contributed by atoms with Crippen molar-refractivity contribution in [1.29, 1.82) is 0 Å². The Kier molecular flexibility index (Phi) is 4.46. The predicted octanol–water partition coefficient (Wildman–Crippen LogP) is 6.28. The van der Waals surface area contributed by atoms with Crippen LogP contribution in [0.1, 0.15) is 21.5 Å². The molecule has 2 aromatic rings. The highest BCUT2D eigenvalue weighted by Crippen LogP contribution is 2.44. The molecule has 3 rings (SSSR count). The van der Waals surface area contributed by atoms with Crippen molar-refractivity contribution in [3.63, 3.8) is 0 Å². The summed E-state index contributed by atoms with van der Waals surface area (Å²) in [5, 5.41) is 0.738. The smallest absolute Gasteiger partial charge is 0.127 e. The van der Waals surface area contributed by atoms with Crippen LogP contribution in [0.15, 0.2) is 39.3 Å². The number of halogens is 4. The lowest BCUT2D eigenvalue weighted by atomic mass is 10.0. The maximum atomic E-state index is 6.33. The Balaban J connectivity index is 2.11. The van der Waals surface area contributed by atoms with Crippen LogP contribution in [0.5, 0.6) is 5.75 Å². The number of fused-ring (bicyclic) bond motifs is 1. The third-order valence-corrected chi connectivity index (χ3v) is 5.56. The van der Waals surface area contributed by atoms with E-state index in [0.717, 1.165) is 43.9 Å². The average molecular weight is 481 g/mol. The van der Waals surface area contributed by atoms with Gasteiger partial charge in [0.05, 0.1) is 11.4 Å². The van der Waals surface area contributed by atoms with Crippen molar-refractivity contribution >= 4 is 59.4 Å². The molecule has 0 saturated heterocycles. The van der Waals surface area contributed by atoms with Crippen LogP contribution in [-0.2, 0) is 6.42 Å². The van der Waals surface area contributed by atoms with E-state index in [-0.39, 0.29) is 4.83 Å². The molecule has 1 unspecified atom stereocenters. The molecule has 0 spiro atoms. The van der Waals surface area contributed by atoms with E-state index in [1.807, 2.05) is 18.2 Å². The summed E-state index contributed by atoms with van der Waals surface area (Å²) in [6.45, 7) is 0.741. The number of ether oxygens (including phenoxy) is 1. The van der Waals surface area contributed by atoms with E-state index < -0.39 is 0 Å². The largest absolute Gasteiger partial charge is 0.493 e. The van der Waals surface area contributed by atoms with E-state index in [9.17, 15) is 0 Å². The molecule has 20 heavy (non-hydrogen) atoms. The number of benzene rings is 2. The zero-order valence-electron chi connectivity index (χ0n) is 10.3. The molecule has 1 aliphatic heterocycles. The van der Waals surface area contributed by atoms with Gasteiger partial charge in [-0.1, -0.05) is 59.4 Å². The van der Waals surface area contributed by atoms with Crippen LogP contribution in [0.3, 0.4) is 0 Å². The van der Waals surface area contributed by atoms with Gasteiger partial charge in [0.15, 0.2) is 0 Å². The zero-order valence-corrected chi connectivity index (χ0v) is 15.8. The summed E-state index contributed by atoms with van der Waals surface area (Å²) in [6, 6.07) is 10.1. The van der Waals surface area contributed by atoms with Crippen molar-refractivity contribution in [1.82, 2.24) is 0 Å². The molecule has 0 saturated carbocycles. The van der Waals surface area contributed by atoms with Crippen LogP contribution in [0.25, 0.3) is 0 Å². The van der Waals surface area contributed by atoms with Gasteiger partial charge in [-0.2, -0.15) is 0 Å². The molecule has 1 heterocycles. The SMILES string of the molecule is Clc1ccc(Br)cc1C(Br)c1cc(Br)cc2c1OCC2. The third-order valence-electron chi connectivity index (χ3n) is 3.28. The van der Waals surface area contributed by atoms with Gasteiger partial charge in [-0.15, -0.1) is 0 Å². The molecular weight excluding hydrogens is 471 g/mol. The van der Waals surface area contributed by atoms with Crippen LogP contribution < -0.4 is 4.74 Å². The van der Waals surface area contributed by atoms with Gasteiger partial charge in [0.25, 0.3) is 0 Å². The summed E-state index contributed by atoms with van der Waals surface area (Å²) in [7, 11) is 0. The van der Waals surface area contributed by atoms with E-state index in [1.54, 1.807) is 0 Å². The Morgan fingerprint density at radius 2 is 1.80 bits per heavy atom. The molecule has 104 valence electrons. The molecule has 2 aromatic carbocycles. The summed E-state index contributed by atoms with van der Waals surface area (Å²) in [4.78, 5) is -0.00292. The predicted molar refractivity (Wildman–Crippen MR) is 93.3 cm³/mol. The topological polar surface area (TPSA) is 9.23 Å². The van der Waals surface area contributed by atoms with Crippen molar-refractivity contribution in [2.45, 2.75) is 11.2 Å². The van der Waals surface area contributed by atoms with E-state index in [0.29, 0.717) is 0 Å². The van der Waals surface area contributed by atoms with Gasteiger partial charge in [0, 0.05) is 26.0 Å². The lowest BCUT2D eigenvalue weighted by molar-refractivity contribution is 0.354. The molecule has 0 N–H and O–H groups in total. The first-order valence-corrected chi connectivity index (χ1v) is 8.98. The van der Waals surface area contributed by atoms with Crippen molar-refractivity contribution in [2.24, 2.45) is 0 Å². The van der Waals surface area contributed by atoms with Crippen molar-refractivity contribution in [2.75, 3.05) is 6.61 Å². The van der Waals surface area contributed by atoms with Crippen LogP contribution in [-0.4, -0.2) is 6.61 Å². The maximum Gasteiger partial charge on any atom is 0.127 e. The summed E-state index contributed by atoms with van der Waals surface area (Å²) in [5.74, 6) is 0.978. The van der Waals surface area contributed by atoms with Crippen LogP contribution in [0.2, 0.25) is 5.02 Å². The van der Waals surface area contributed by atoms with E-state index >= 15 is 0 Å². The summed E-state index contributed by atoms with van der Waals surface area (Å²) >= 11 is 17.2. The minimum absolute atomic E-state index is 0.00292. The number of hydrogen-bond donors (Lipinski definition) is 0. The summed E-state index contributed by atoms with van der Waals surface area (Å²) < 4.78 is 7.86. The lowest BCUT2D eigenvalue weighted by Crippen LogP contribution is -1.98. The second kappa shape index (κ2) is 5.99. The third kappa shape index (κ3) is 2.80. The normalized spacial score (nSPS) is 14.8. The first kappa shape index (κ1) is 14.9. The van der Waals surface area contributed by atoms with Crippen LogP contribution >= 0.6 is 59.4 Å². The molecule has 0 radical (unpaired) electrons. The zero-order chi connectivity index (χ0) is 14.3. The van der Waals surface area contributed by atoms with Gasteiger partial charge in [-0.3, -0.25) is 0 Å². The Hall–Kier alpha value is -0.0300. The molecule has 1 nitrogen and oxygen atoms in total. The first-order valence-electron chi connectivity index (χ1n) is 6.10. The maximum absolute atomic E-state index is 6.33. The van der Waals surface area contributed by atoms with Gasteiger partial charge >= 0.3 is 0 Å². The number of rotatable bonds is 2. The van der Waals surface area contributed by atoms with E-state index in [1.165, 1.54) is 5.56 Å². The Morgan fingerprint density at radius 3 is 2.60 bits per heavy atom. The summed E-state index contributed by atoms with van der Waals surface area (Å²) in [6.07, 6.45) is 0.952. The van der Waals surface area contributed by atoms with Gasteiger partial charge in [-0.05, 0) is 41.5 Å². The lowest BCUT2D eigenvalue weighted by Gasteiger charge is -2.17. The fourth-order valence-electron chi connectivity index (χ4n) is 2.36. The molecule has 0 fully saturated rings. The molecule has 5 heteroatoms. The Bertz CT molecular complexity index is 672. The standard InChI is InChI=1S/C15H10Br3ClO/c16-9-1-2-13(19)11(6-9)14(18)12-7-10(17)5-8-3-4-20-15(8)12/h1-2,5-7,14H,3-4H2. The second-order valence-electron chi connectivity index (χ2n) is 4.61. The van der Waals surface area contributed by atoms with Gasteiger partial charge in [0.1, 0.15) is 5.75 Å². The molecule has 1 aliphatic rings. The Labute approximate surface area is 148 Å². The first-order chi connectivity index (χ1) is 9.56. The Morgan fingerprint density at radius 1 is 1.05 bits per heavy atom. The van der Waals surface area contributed by atoms with Crippen molar-refractivity contribution in [3.8, 4) is 5.75 Å². The molecule has 0 aromatic heterocycles. The highest BCUT2D eigenvalue weighted by molar-refractivity contribution is 9.11. The average Bonchev–Trinajstić information content (AvgIpc) is 2.87. The fraction of sp³-hybridized carbons (Fsp3) is 0.200. The minimum Gasteiger partial charge on any atom is -0.493 e. The highest BCUT2D eigenvalue weighted by atomic mass is 79.9. The van der Waals surface area contributed by atoms with Crippen molar-refractivity contribution in [3.05, 3.63) is 61.0 Å². The molecular formula is C15H10Br3ClO.